The summed E-state index contributed by atoms with van der Waals surface area (Å²) in [6, 6.07) is 8.38. The highest BCUT2D eigenvalue weighted by atomic mass is 15.3. The highest BCUT2D eigenvalue weighted by Gasteiger charge is 2.16. The minimum atomic E-state index is 0.577. The number of H-pyrrole nitrogens is 1. The molecule has 0 aliphatic carbocycles. The first-order chi connectivity index (χ1) is 10.2. The van der Waals surface area contributed by atoms with E-state index < -0.39 is 0 Å². The van der Waals surface area contributed by atoms with Crippen molar-refractivity contribution in [2.75, 3.05) is 23.8 Å². The predicted octanol–water partition coefficient (Wildman–Crippen LogP) is 2.86. The van der Waals surface area contributed by atoms with E-state index in [1.54, 1.807) is 6.20 Å². The van der Waals surface area contributed by atoms with Crippen LogP contribution in [0.2, 0.25) is 0 Å². The number of aromatic amines is 1. The van der Waals surface area contributed by atoms with Crippen molar-refractivity contribution in [3.63, 3.8) is 0 Å². The van der Waals surface area contributed by atoms with Crippen LogP contribution in [0.15, 0.2) is 30.5 Å². The van der Waals surface area contributed by atoms with Crippen LogP contribution < -0.4 is 10.2 Å². The average Bonchev–Trinajstić information content (AvgIpc) is 2.96. The van der Waals surface area contributed by atoms with Gasteiger partial charge in [0.1, 0.15) is 5.82 Å². The Bertz CT molecular complexity index is 764. The molecule has 0 radical (unpaired) electrons. The Morgan fingerprint density at radius 3 is 2.86 bits per heavy atom. The first kappa shape index (κ1) is 13.4. The van der Waals surface area contributed by atoms with E-state index in [1.807, 2.05) is 7.05 Å². The summed E-state index contributed by atoms with van der Waals surface area (Å²) >= 11 is 0. The van der Waals surface area contributed by atoms with Gasteiger partial charge in [0, 0.05) is 19.3 Å². The van der Waals surface area contributed by atoms with E-state index in [0.717, 1.165) is 29.1 Å². The summed E-state index contributed by atoms with van der Waals surface area (Å²) in [5, 5.41) is 10.9. The number of rotatable bonds is 4. The van der Waals surface area contributed by atoms with E-state index in [-0.39, 0.29) is 0 Å². The highest BCUT2D eigenvalue weighted by molar-refractivity contribution is 5.90. The predicted molar refractivity (Wildman–Crippen MR) is 85.1 cm³/mol. The molecule has 6 heteroatoms. The molecule has 2 aromatic heterocycles. The second-order valence-electron chi connectivity index (χ2n) is 4.84. The maximum absolute atomic E-state index is 4.61. The topological polar surface area (TPSA) is 69.7 Å². The SMILES string of the molecule is CCN(c1cccc(C)c1)c1nc(NC)nc2[nH]ncc12. The summed E-state index contributed by atoms with van der Waals surface area (Å²) in [4.78, 5) is 11.1. The Labute approximate surface area is 123 Å². The summed E-state index contributed by atoms with van der Waals surface area (Å²) in [6.45, 7) is 5.00. The molecule has 0 spiro atoms. The van der Waals surface area contributed by atoms with Crippen molar-refractivity contribution in [3.05, 3.63) is 36.0 Å². The van der Waals surface area contributed by atoms with E-state index in [4.69, 9.17) is 0 Å². The Balaban J connectivity index is 2.18. The molecule has 3 rings (SSSR count). The van der Waals surface area contributed by atoms with E-state index >= 15 is 0 Å². The summed E-state index contributed by atoms with van der Waals surface area (Å²) in [5.74, 6) is 1.43. The summed E-state index contributed by atoms with van der Waals surface area (Å²) < 4.78 is 0. The van der Waals surface area contributed by atoms with Gasteiger partial charge in [0.2, 0.25) is 5.95 Å². The van der Waals surface area contributed by atoms with Crippen LogP contribution in [-0.4, -0.2) is 33.8 Å². The summed E-state index contributed by atoms with van der Waals surface area (Å²) in [6.07, 6.45) is 1.77. The van der Waals surface area contributed by atoms with Gasteiger partial charge < -0.3 is 10.2 Å². The Morgan fingerprint density at radius 1 is 1.29 bits per heavy atom. The summed E-state index contributed by atoms with van der Waals surface area (Å²) in [5.41, 5.74) is 3.06. The normalized spacial score (nSPS) is 10.8. The molecule has 0 atom stereocenters. The molecule has 0 aliphatic rings. The van der Waals surface area contributed by atoms with Crippen molar-refractivity contribution in [3.8, 4) is 0 Å². The van der Waals surface area contributed by atoms with Gasteiger partial charge >= 0.3 is 0 Å². The van der Waals surface area contributed by atoms with Crippen LogP contribution in [-0.2, 0) is 0 Å². The quantitative estimate of drug-likeness (QED) is 0.770. The van der Waals surface area contributed by atoms with E-state index in [0.29, 0.717) is 5.95 Å². The number of nitrogens with zero attached hydrogens (tertiary/aromatic N) is 4. The van der Waals surface area contributed by atoms with Crippen molar-refractivity contribution in [1.29, 1.82) is 0 Å². The Morgan fingerprint density at radius 2 is 2.14 bits per heavy atom. The smallest absolute Gasteiger partial charge is 0.226 e. The van der Waals surface area contributed by atoms with Gasteiger partial charge in [0.15, 0.2) is 5.65 Å². The van der Waals surface area contributed by atoms with Crippen LogP contribution in [0.3, 0.4) is 0 Å². The molecule has 0 bridgehead atoms. The average molecular weight is 282 g/mol. The fourth-order valence-corrected chi connectivity index (χ4v) is 2.39. The van der Waals surface area contributed by atoms with Crippen LogP contribution in [0.25, 0.3) is 11.0 Å². The van der Waals surface area contributed by atoms with Crippen LogP contribution >= 0.6 is 0 Å². The van der Waals surface area contributed by atoms with Crippen molar-refractivity contribution in [1.82, 2.24) is 20.2 Å². The van der Waals surface area contributed by atoms with Gasteiger partial charge in [0.05, 0.1) is 11.6 Å². The maximum Gasteiger partial charge on any atom is 0.226 e. The summed E-state index contributed by atoms with van der Waals surface area (Å²) in [7, 11) is 1.81. The van der Waals surface area contributed by atoms with Gasteiger partial charge in [0.25, 0.3) is 0 Å². The lowest BCUT2D eigenvalue weighted by Gasteiger charge is -2.23. The van der Waals surface area contributed by atoms with Crippen LogP contribution in [0.4, 0.5) is 17.5 Å². The number of nitrogens with one attached hydrogen (secondary N) is 2. The molecule has 0 amide bonds. The lowest BCUT2D eigenvalue weighted by molar-refractivity contribution is 0.988. The number of anilines is 3. The van der Waals surface area contributed by atoms with Crippen LogP contribution in [0.5, 0.6) is 0 Å². The molecule has 21 heavy (non-hydrogen) atoms. The van der Waals surface area contributed by atoms with Gasteiger partial charge in [-0.25, -0.2) is 0 Å². The van der Waals surface area contributed by atoms with Crippen LogP contribution in [0, 0.1) is 6.92 Å². The molecule has 2 N–H and O–H groups in total. The Hall–Kier alpha value is -2.63. The van der Waals surface area contributed by atoms with E-state index in [9.17, 15) is 0 Å². The third-order valence-electron chi connectivity index (χ3n) is 3.40. The lowest BCUT2D eigenvalue weighted by atomic mass is 10.2. The first-order valence-corrected chi connectivity index (χ1v) is 6.96. The number of aryl methyl sites for hydroxylation is 1. The molecule has 0 unspecified atom stereocenters. The van der Waals surface area contributed by atoms with E-state index in [2.05, 4.69) is 68.5 Å². The number of benzene rings is 1. The molecule has 0 aliphatic heterocycles. The zero-order chi connectivity index (χ0) is 14.8. The fourth-order valence-electron chi connectivity index (χ4n) is 2.39. The van der Waals surface area contributed by atoms with Crippen LogP contribution in [0.1, 0.15) is 12.5 Å². The number of hydrogen-bond acceptors (Lipinski definition) is 5. The number of fused-ring (bicyclic) bond motifs is 1. The Kier molecular flexibility index (Phi) is 3.43. The number of aromatic nitrogens is 4. The molecule has 3 aromatic rings. The molecule has 2 heterocycles. The standard InChI is InChI=1S/C15H18N6/c1-4-21(11-7-5-6-10(2)8-11)14-12-9-17-20-13(12)18-15(16-3)19-14/h5-9H,4H2,1-3H3,(H2,16,17,18,19,20). The third-order valence-corrected chi connectivity index (χ3v) is 3.40. The molecule has 1 aromatic carbocycles. The lowest BCUT2D eigenvalue weighted by Crippen LogP contribution is -2.18. The van der Waals surface area contributed by atoms with Gasteiger partial charge in [-0.1, -0.05) is 12.1 Å². The largest absolute Gasteiger partial charge is 0.357 e. The zero-order valence-electron chi connectivity index (χ0n) is 12.4. The minimum absolute atomic E-state index is 0.577. The van der Waals surface area contributed by atoms with Gasteiger partial charge in [-0.15, -0.1) is 0 Å². The molecule has 0 saturated heterocycles. The van der Waals surface area contributed by atoms with E-state index in [1.165, 1.54) is 5.56 Å². The van der Waals surface area contributed by atoms with Crippen molar-refractivity contribution >= 4 is 28.5 Å². The van der Waals surface area contributed by atoms with Crippen molar-refractivity contribution in [2.24, 2.45) is 0 Å². The third kappa shape index (κ3) is 2.40. The fraction of sp³-hybridized carbons (Fsp3) is 0.267. The monoisotopic (exact) mass is 282 g/mol. The molecular weight excluding hydrogens is 264 g/mol. The molecule has 108 valence electrons. The zero-order valence-corrected chi connectivity index (χ0v) is 12.4. The van der Waals surface area contributed by atoms with Gasteiger partial charge in [-0.05, 0) is 31.5 Å². The minimum Gasteiger partial charge on any atom is -0.357 e. The van der Waals surface area contributed by atoms with Crippen molar-refractivity contribution in [2.45, 2.75) is 13.8 Å². The molecule has 6 nitrogen and oxygen atoms in total. The van der Waals surface area contributed by atoms with Gasteiger partial charge in [-0.2, -0.15) is 15.1 Å². The highest BCUT2D eigenvalue weighted by Crippen LogP contribution is 2.30. The molecular formula is C15H18N6. The maximum atomic E-state index is 4.61. The molecule has 0 saturated carbocycles. The van der Waals surface area contributed by atoms with Gasteiger partial charge in [-0.3, -0.25) is 5.10 Å². The second-order valence-corrected chi connectivity index (χ2v) is 4.84. The number of hydrogen-bond donors (Lipinski definition) is 2. The van der Waals surface area contributed by atoms with Crippen molar-refractivity contribution < 1.29 is 0 Å². The molecule has 0 fully saturated rings. The second kappa shape index (κ2) is 5.40. The first-order valence-electron chi connectivity index (χ1n) is 6.96.